The molecule has 474 valence electrons. The average Bonchev–Trinajstić information content (AvgIpc) is 2.45. The van der Waals surface area contributed by atoms with Gasteiger partial charge in [0.25, 0.3) is 0 Å². The van der Waals surface area contributed by atoms with E-state index in [0.717, 1.165) is 54.3 Å². The van der Waals surface area contributed by atoms with Crippen molar-refractivity contribution in [2.75, 3.05) is 48.3 Å². The van der Waals surface area contributed by atoms with E-state index in [4.69, 9.17) is 17.0 Å². The van der Waals surface area contributed by atoms with Crippen molar-refractivity contribution in [3.8, 4) is 17.2 Å². The Morgan fingerprint density at radius 3 is 1.93 bits per heavy atom. The van der Waals surface area contributed by atoms with Crippen molar-refractivity contribution in [1.82, 2.24) is 35.0 Å². The lowest BCUT2D eigenvalue weighted by molar-refractivity contribution is -0.521. The molecular weight excluding hydrogens is 1160 g/mol. The highest BCUT2D eigenvalue weighted by atomic mass is 32.1. The number of ether oxygens (including phenoxy) is 1. The van der Waals surface area contributed by atoms with Gasteiger partial charge in [-0.1, -0.05) is 6.07 Å². The first-order chi connectivity index (χ1) is 42.2. The number of aryl methyl sites for hydroxylation is 3. The van der Waals surface area contributed by atoms with Crippen LogP contribution in [-0.4, -0.2) is 118 Å². The predicted molar refractivity (Wildman–Crippen MR) is 346 cm³/mol. The fourth-order valence-electron chi connectivity index (χ4n) is 11.4. The van der Waals surface area contributed by atoms with Crippen LogP contribution in [0.5, 0.6) is 17.2 Å². The number of amides is 4. The van der Waals surface area contributed by atoms with E-state index in [1.165, 1.54) is 35.9 Å². The van der Waals surface area contributed by atoms with Crippen molar-refractivity contribution < 1.29 is 48.6 Å². The summed E-state index contributed by atoms with van der Waals surface area (Å²) < 4.78 is 13.8. The number of anilines is 3. The predicted octanol–water partition coefficient (Wildman–Crippen LogP) is 5.74. The fourth-order valence-corrected chi connectivity index (χ4v) is 11.6. The van der Waals surface area contributed by atoms with Crippen LogP contribution in [0.2, 0.25) is 0 Å². The molecule has 5 aromatic rings. The number of aromatic hydroxyl groups is 2. The van der Waals surface area contributed by atoms with Gasteiger partial charge in [0.1, 0.15) is 24.9 Å². The fraction of sp³-hybridized carbons (Fsp3) is 0.415. The standard InChI is InChI=1S/C65H81N11O12S/c1-12-75(13-2)42-17-20-45-53(32-42)88-54-33-43(76(14-3)15-4)18-21-46(54)59(45)44-19-16-41(31-47(44)63(86)87)69-64(89)66-27-24-57(82)71-65(26-23-56(81)70-62-61(85)52(79)30-39(7)74(62)11,34-58(83)68-35-48-40(8)50(77)28-37(5)72(48)9)25-22-55(80)67-36-49-60(84)51(78)29-38(6)73(49)10/h16-21,28-32,54H,12-15,22-27,33-36H2,1-11H3,(H8,66,67,68,70,71,79,80,81,82,83,84,85,86,87,89)/p+1. The molecule has 7 rings (SSSR count). The number of carbonyl (C=O) groups is 5. The monoisotopic (exact) mass is 1240 g/mol. The number of carbonyl (C=O) groups excluding carboxylic acids is 4. The summed E-state index contributed by atoms with van der Waals surface area (Å²) in [5.74, 6) is -4.52. The Kier molecular flexibility index (Phi) is 22.0. The van der Waals surface area contributed by atoms with Crippen molar-refractivity contribution in [2.24, 2.45) is 21.1 Å². The third kappa shape index (κ3) is 15.7. The lowest BCUT2D eigenvalue weighted by atomic mass is 9.82. The van der Waals surface area contributed by atoms with Gasteiger partial charge < -0.3 is 70.6 Å². The minimum Gasteiger partial charge on any atom is -0.503 e. The molecule has 2 unspecified atom stereocenters. The molecule has 0 saturated carbocycles. The number of carboxylic acids is 1. The van der Waals surface area contributed by atoms with Gasteiger partial charge in [0.05, 0.1) is 30.8 Å². The zero-order valence-electron chi connectivity index (χ0n) is 52.5. The molecule has 3 aromatic heterocycles. The van der Waals surface area contributed by atoms with E-state index >= 15 is 0 Å². The molecule has 89 heavy (non-hydrogen) atoms. The summed E-state index contributed by atoms with van der Waals surface area (Å²) in [6.07, 6.45) is 2.28. The summed E-state index contributed by atoms with van der Waals surface area (Å²) in [5, 5.41) is 49.4. The van der Waals surface area contributed by atoms with Gasteiger partial charge in [-0.2, -0.15) is 0 Å². The number of hydrogen-bond acceptors (Lipinski definition) is 13. The molecule has 2 atom stereocenters. The van der Waals surface area contributed by atoms with Crippen LogP contribution in [0.15, 0.2) is 86.7 Å². The maximum absolute atomic E-state index is 14.4. The Balaban J connectivity index is 1.14. The summed E-state index contributed by atoms with van der Waals surface area (Å²) >= 11 is 5.69. The average molecular weight is 1240 g/mol. The zero-order valence-corrected chi connectivity index (χ0v) is 53.3. The largest absolute Gasteiger partial charge is 0.503 e. The Morgan fingerprint density at radius 2 is 1.28 bits per heavy atom. The summed E-state index contributed by atoms with van der Waals surface area (Å²) in [5.41, 5.74) is 4.68. The third-order valence-corrected chi connectivity index (χ3v) is 17.2. The topological polar surface area (TPSA) is 300 Å². The molecule has 9 N–H and O–H groups in total. The summed E-state index contributed by atoms with van der Waals surface area (Å²) in [6, 6.07) is 14.9. The maximum atomic E-state index is 14.4. The number of fused-ring (bicyclic) bond motifs is 2. The zero-order chi connectivity index (χ0) is 65.2. The number of aromatic carboxylic acids is 1. The Morgan fingerprint density at radius 1 is 0.685 bits per heavy atom. The molecular formula is C65H82N11O12S+. The number of nitrogens with zero attached hydrogens (tertiary/aromatic N) is 5. The number of carboxylic acid groups (broad SMARTS) is 1. The normalized spacial score (nSPS) is 13.9. The molecule has 0 saturated heterocycles. The van der Waals surface area contributed by atoms with Crippen molar-refractivity contribution in [2.45, 2.75) is 125 Å². The molecule has 0 spiro atoms. The SMILES string of the molecule is CCN(CC)c1ccc2c(c1)OC1CC(=[N+](CC)CC)C=CC1=C2c1ccc(NC(=S)NCCC(=O)NC(CCC(=O)NCc2c(O)c(=O)cc(C)n2C)(CCC(=O)Nc2c(O)c(=O)cc(C)n2C)CC(=O)NCc2c(C)c(=O)cc(C)n2C)cc1C(=O)O. The molecule has 1 aliphatic carbocycles. The van der Waals surface area contributed by atoms with Gasteiger partial charge >= 0.3 is 5.97 Å². The van der Waals surface area contributed by atoms with Crippen molar-refractivity contribution in [1.29, 1.82) is 0 Å². The van der Waals surface area contributed by atoms with Crippen LogP contribution in [0.4, 0.5) is 17.2 Å². The number of hydrogen-bond donors (Lipinski definition) is 9. The van der Waals surface area contributed by atoms with Crippen molar-refractivity contribution in [3.63, 3.8) is 0 Å². The second-order valence-corrected chi connectivity index (χ2v) is 22.9. The van der Waals surface area contributed by atoms with Gasteiger partial charge in [0.15, 0.2) is 27.8 Å². The molecule has 0 radical (unpaired) electrons. The van der Waals surface area contributed by atoms with Crippen LogP contribution >= 0.6 is 12.2 Å². The van der Waals surface area contributed by atoms with Gasteiger partial charge in [0.2, 0.25) is 40.2 Å². The second-order valence-electron chi connectivity index (χ2n) is 22.5. The van der Waals surface area contributed by atoms with E-state index < -0.39 is 70.3 Å². The van der Waals surface area contributed by atoms with Gasteiger partial charge in [-0.15, -0.1) is 0 Å². The number of aromatic nitrogens is 3. The van der Waals surface area contributed by atoms with Crippen LogP contribution in [0.25, 0.3) is 5.57 Å². The molecule has 0 fully saturated rings. The molecule has 24 heteroatoms. The molecule has 4 amide bonds. The lowest BCUT2D eigenvalue weighted by Crippen LogP contribution is -2.53. The number of nitrogens with one attached hydrogen (secondary N) is 6. The number of pyridine rings is 3. The van der Waals surface area contributed by atoms with E-state index in [-0.39, 0.29) is 79.0 Å². The van der Waals surface area contributed by atoms with Crippen LogP contribution < -0.4 is 57.8 Å². The highest BCUT2D eigenvalue weighted by Crippen LogP contribution is 2.45. The minimum atomic E-state index is -1.66. The smallest absolute Gasteiger partial charge is 0.336 e. The van der Waals surface area contributed by atoms with Crippen molar-refractivity contribution in [3.05, 3.63) is 154 Å². The first-order valence-corrected chi connectivity index (χ1v) is 30.2. The van der Waals surface area contributed by atoms with Crippen LogP contribution in [-0.2, 0) is 53.4 Å². The van der Waals surface area contributed by atoms with Crippen LogP contribution in [0.3, 0.4) is 0 Å². The van der Waals surface area contributed by atoms with E-state index in [2.05, 4.69) is 75.1 Å². The number of allylic oxidation sites excluding steroid dienone is 1. The van der Waals surface area contributed by atoms with Crippen LogP contribution in [0, 0.1) is 27.7 Å². The quantitative estimate of drug-likeness (QED) is 0.0249. The summed E-state index contributed by atoms with van der Waals surface area (Å²) in [6.45, 7) is 17.8. The summed E-state index contributed by atoms with van der Waals surface area (Å²) in [7, 11) is 4.90. The molecule has 2 aliphatic rings. The van der Waals surface area contributed by atoms with E-state index in [0.29, 0.717) is 51.8 Å². The third-order valence-electron chi connectivity index (χ3n) is 16.9. The molecule has 2 aromatic carbocycles. The van der Waals surface area contributed by atoms with Gasteiger partial charge in [-0.05, 0) is 116 Å². The molecule has 4 heterocycles. The number of benzene rings is 2. The Labute approximate surface area is 522 Å². The lowest BCUT2D eigenvalue weighted by Gasteiger charge is -2.35. The number of thiocarbonyl (C=S) groups is 1. The first kappa shape index (κ1) is 67.2. The Hall–Kier alpha value is -9.32. The first-order valence-electron chi connectivity index (χ1n) is 29.8. The minimum absolute atomic E-state index is 0.00505. The Bertz CT molecular complexity index is 3900. The number of rotatable bonds is 25. The molecule has 23 nitrogen and oxygen atoms in total. The van der Waals surface area contributed by atoms with Crippen LogP contribution in [0.1, 0.15) is 128 Å². The van der Waals surface area contributed by atoms with Gasteiger partial charge in [0, 0.05) is 159 Å². The molecule has 0 bridgehead atoms. The van der Waals surface area contributed by atoms with E-state index in [1.54, 1.807) is 63.1 Å². The second kappa shape index (κ2) is 29.1. The highest BCUT2D eigenvalue weighted by Gasteiger charge is 2.38. The maximum Gasteiger partial charge on any atom is 0.336 e. The van der Waals surface area contributed by atoms with E-state index in [9.17, 15) is 53.7 Å². The van der Waals surface area contributed by atoms with Crippen molar-refractivity contribution >= 4 is 75.4 Å². The summed E-state index contributed by atoms with van der Waals surface area (Å²) in [4.78, 5) is 110. The van der Waals surface area contributed by atoms with Gasteiger partial charge in [-0.3, -0.25) is 33.6 Å². The van der Waals surface area contributed by atoms with E-state index in [1.807, 2.05) is 24.3 Å². The molecule has 1 aliphatic heterocycles. The van der Waals surface area contributed by atoms with Gasteiger partial charge in [-0.25, -0.2) is 9.37 Å². The highest BCUT2D eigenvalue weighted by molar-refractivity contribution is 7.80.